The Hall–Kier alpha value is -1.78. The van der Waals surface area contributed by atoms with Crippen LogP contribution in [0.5, 0.6) is 11.5 Å². The lowest BCUT2D eigenvalue weighted by Crippen LogP contribution is -2.06. The van der Waals surface area contributed by atoms with Crippen LogP contribution >= 0.6 is 11.6 Å². The van der Waals surface area contributed by atoms with Crippen molar-refractivity contribution in [3.05, 3.63) is 58.4 Å². The maximum absolute atomic E-state index is 13.9. The van der Waals surface area contributed by atoms with Crippen molar-refractivity contribution in [1.29, 1.82) is 0 Å². The monoisotopic (exact) mass is 310 g/mol. The largest absolute Gasteiger partial charge is 0.497 e. The molecule has 3 nitrogen and oxygen atoms in total. The van der Waals surface area contributed by atoms with E-state index in [1.54, 1.807) is 30.3 Å². The topological polar surface area (TPSA) is 38.7 Å². The molecule has 0 aliphatic heterocycles. The first-order chi connectivity index (χ1) is 10.1. The Kier molecular flexibility index (Phi) is 5.04. The summed E-state index contributed by atoms with van der Waals surface area (Å²) in [7, 11) is 3.05. The van der Waals surface area contributed by atoms with Gasteiger partial charge in [0.15, 0.2) is 0 Å². The first kappa shape index (κ1) is 15.6. The lowest BCUT2D eigenvalue weighted by molar-refractivity contribution is 0.172. The summed E-state index contributed by atoms with van der Waals surface area (Å²) in [6.07, 6.45) is -0.835. The highest BCUT2D eigenvalue weighted by Crippen LogP contribution is 2.32. The Bertz CT molecular complexity index is 631. The molecule has 1 unspecified atom stereocenters. The minimum atomic E-state index is -0.928. The molecule has 1 atom stereocenters. The van der Waals surface area contributed by atoms with Gasteiger partial charge in [0.05, 0.1) is 25.3 Å². The Labute approximate surface area is 127 Å². The molecule has 0 spiro atoms. The van der Waals surface area contributed by atoms with Gasteiger partial charge in [0, 0.05) is 12.0 Å². The molecule has 112 valence electrons. The van der Waals surface area contributed by atoms with Gasteiger partial charge < -0.3 is 14.6 Å². The quantitative estimate of drug-likeness (QED) is 0.913. The number of ether oxygens (including phenoxy) is 2. The van der Waals surface area contributed by atoms with Crippen molar-refractivity contribution in [3.8, 4) is 11.5 Å². The van der Waals surface area contributed by atoms with E-state index in [0.29, 0.717) is 22.6 Å². The van der Waals surface area contributed by atoms with E-state index in [-0.39, 0.29) is 11.4 Å². The molecule has 0 saturated heterocycles. The molecule has 1 N–H and O–H groups in total. The van der Waals surface area contributed by atoms with Crippen LogP contribution in [0.25, 0.3) is 0 Å². The van der Waals surface area contributed by atoms with E-state index in [4.69, 9.17) is 21.1 Å². The zero-order chi connectivity index (χ0) is 15.4. The Morgan fingerprint density at radius 3 is 2.62 bits per heavy atom. The van der Waals surface area contributed by atoms with Crippen molar-refractivity contribution in [2.24, 2.45) is 0 Å². The number of benzene rings is 2. The summed E-state index contributed by atoms with van der Waals surface area (Å²) in [4.78, 5) is 0. The lowest BCUT2D eigenvalue weighted by atomic mass is 10.00. The van der Waals surface area contributed by atoms with E-state index in [2.05, 4.69) is 0 Å². The maximum atomic E-state index is 13.9. The minimum Gasteiger partial charge on any atom is -0.497 e. The SMILES string of the molecule is COc1ccc(OC)c(C(O)Cc2cccc(Cl)c2F)c1. The molecule has 0 fully saturated rings. The summed E-state index contributed by atoms with van der Waals surface area (Å²) in [5.41, 5.74) is 0.885. The molecule has 0 heterocycles. The van der Waals surface area contributed by atoms with Crippen LogP contribution in [0, 0.1) is 5.82 Å². The van der Waals surface area contributed by atoms with Crippen LogP contribution in [0.3, 0.4) is 0 Å². The molecular weight excluding hydrogens is 295 g/mol. The fourth-order valence-corrected chi connectivity index (χ4v) is 2.32. The van der Waals surface area contributed by atoms with E-state index in [1.807, 2.05) is 0 Å². The standard InChI is InChI=1S/C16H16ClFO3/c1-20-11-6-7-15(21-2)12(9-11)14(19)8-10-4-3-5-13(17)16(10)18/h3-7,9,14,19H,8H2,1-2H3. The highest BCUT2D eigenvalue weighted by Gasteiger charge is 2.17. The van der Waals surface area contributed by atoms with E-state index in [0.717, 1.165) is 0 Å². The molecule has 0 aliphatic carbocycles. The van der Waals surface area contributed by atoms with Crippen LogP contribution in [0.2, 0.25) is 5.02 Å². The average Bonchev–Trinajstić information content (AvgIpc) is 2.51. The van der Waals surface area contributed by atoms with Gasteiger partial charge in [-0.15, -0.1) is 0 Å². The van der Waals surface area contributed by atoms with Gasteiger partial charge in [-0.1, -0.05) is 23.7 Å². The Morgan fingerprint density at radius 2 is 1.95 bits per heavy atom. The molecule has 0 radical (unpaired) electrons. The molecule has 0 aliphatic rings. The van der Waals surface area contributed by atoms with E-state index >= 15 is 0 Å². The second-order valence-corrected chi connectivity index (χ2v) is 4.95. The van der Waals surface area contributed by atoms with Gasteiger partial charge >= 0.3 is 0 Å². The highest BCUT2D eigenvalue weighted by molar-refractivity contribution is 6.30. The molecule has 0 saturated carbocycles. The second-order valence-electron chi connectivity index (χ2n) is 4.54. The summed E-state index contributed by atoms with van der Waals surface area (Å²) in [5, 5.41) is 10.4. The number of hydrogen-bond acceptors (Lipinski definition) is 3. The second kappa shape index (κ2) is 6.78. The molecule has 5 heteroatoms. The predicted molar refractivity (Wildman–Crippen MR) is 79.6 cm³/mol. The van der Waals surface area contributed by atoms with Crippen LogP contribution in [-0.4, -0.2) is 19.3 Å². The van der Waals surface area contributed by atoms with Crippen LogP contribution < -0.4 is 9.47 Å². The van der Waals surface area contributed by atoms with Crippen molar-refractivity contribution >= 4 is 11.6 Å². The van der Waals surface area contributed by atoms with Crippen molar-refractivity contribution in [2.45, 2.75) is 12.5 Å². The number of aliphatic hydroxyl groups excluding tert-OH is 1. The lowest BCUT2D eigenvalue weighted by Gasteiger charge is -2.16. The van der Waals surface area contributed by atoms with Gasteiger partial charge in [-0.2, -0.15) is 0 Å². The van der Waals surface area contributed by atoms with Crippen molar-refractivity contribution in [2.75, 3.05) is 14.2 Å². The molecule has 0 amide bonds. The molecular formula is C16H16ClFO3. The number of rotatable bonds is 5. The van der Waals surface area contributed by atoms with E-state index in [1.165, 1.54) is 20.3 Å². The van der Waals surface area contributed by atoms with Gasteiger partial charge in [0.1, 0.15) is 17.3 Å². The zero-order valence-electron chi connectivity index (χ0n) is 11.8. The number of hydrogen-bond donors (Lipinski definition) is 1. The summed E-state index contributed by atoms with van der Waals surface area (Å²) in [6.45, 7) is 0. The third-order valence-electron chi connectivity index (χ3n) is 3.24. The molecule has 21 heavy (non-hydrogen) atoms. The summed E-state index contributed by atoms with van der Waals surface area (Å²) in [5.74, 6) is 0.599. The van der Waals surface area contributed by atoms with Crippen LogP contribution in [-0.2, 0) is 6.42 Å². The van der Waals surface area contributed by atoms with Gasteiger partial charge in [-0.25, -0.2) is 4.39 Å². The fraction of sp³-hybridized carbons (Fsp3) is 0.250. The van der Waals surface area contributed by atoms with Crippen molar-refractivity contribution in [3.63, 3.8) is 0 Å². The molecule has 2 aromatic rings. The van der Waals surface area contributed by atoms with Crippen molar-refractivity contribution in [1.82, 2.24) is 0 Å². The van der Waals surface area contributed by atoms with Crippen LogP contribution in [0.15, 0.2) is 36.4 Å². The molecule has 2 rings (SSSR count). The molecule has 0 aromatic heterocycles. The van der Waals surface area contributed by atoms with Crippen LogP contribution in [0.4, 0.5) is 4.39 Å². The number of halogens is 2. The van der Waals surface area contributed by atoms with Crippen LogP contribution in [0.1, 0.15) is 17.2 Å². The summed E-state index contributed by atoms with van der Waals surface area (Å²) in [6, 6.07) is 9.82. The fourth-order valence-electron chi connectivity index (χ4n) is 2.12. The van der Waals surface area contributed by atoms with Crippen molar-refractivity contribution < 1.29 is 19.0 Å². The summed E-state index contributed by atoms with van der Waals surface area (Å²) >= 11 is 5.75. The maximum Gasteiger partial charge on any atom is 0.145 e. The smallest absolute Gasteiger partial charge is 0.145 e. The van der Waals surface area contributed by atoms with Gasteiger partial charge in [-0.3, -0.25) is 0 Å². The number of aliphatic hydroxyl groups is 1. The van der Waals surface area contributed by atoms with E-state index in [9.17, 15) is 9.50 Å². The third-order valence-corrected chi connectivity index (χ3v) is 3.53. The third kappa shape index (κ3) is 3.46. The highest BCUT2D eigenvalue weighted by atomic mass is 35.5. The summed E-state index contributed by atoms with van der Waals surface area (Å²) < 4.78 is 24.3. The van der Waals surface area contributed by atoms with Gasteiger partial charge in [0.2, 0.25) is 0 Å². The van der Waals surface area contributed by atoms with Gasteiger partial charge in [0.25, 0.3) is 0 Å². The van der Waals surface area contributed by atoms with Gasteiger partial charge in [-0.05, 0) is 29.8 Å². The number of methoxy groups -OCH3 is 2. The molecule has 0 bridgehead atoms. The Balaban J connectivity index is 2.31. The minimum absolute atomic E-state index is 0.0392. The first-order valence-corrected chi connectivity index (χ1v) is 6.77. The predicted octanol–water partition coefficient (Wildman–Crippen LogP) is 3.77. The Morgan fingerprint density at radius 1 is 1.19 bits per heavy atom. The molecule has 2 aromatic carbocycles. The average molecular weight is 311 g/mol. The van der Waals surface area contributed by atoms with E-state index < -0.39 is 11.9 Å². The first-order valence-electron chi connectivity index (χ1n) is 6.39. The normalized spacial score (nSPS) is 12.0. The zero-order valence-corrected chi connectivity index (χ0v) is 12.5.